The van der Waals surface area contributed by atoms with Gasteiger partial charge in [0.05, 0.1) is 0 Å². The zero-order valence-electron chi connectivity index (χ0n) is 8.30. The first kappa shape index (κ1) is 11.2. The Morgan fingerprint density at radius 3 is 1.93 bits per heavy atom. The Hall–Kier alpha value is -0.900. The van der Waals surface area contributed by atoms with Gasteiger partial charge in [-0.1, -0.05) is 13.8 Å². The molecule has 1 aromatic carbocycles. The number of rotatable bonds is 1. The Balaban J connectivity index is 3.60. The molecule has 0 fully saturated rings. The number of aromatic hydroxyl groups is 3. The largest absolute Gasteiger partial charge is 0.506 e. The van der Waals surface area contributed by atoms with Crippen molar-refractivity contribution in [3.8, 4) is 17.2 Å². The molecule has 0 saturated carbocycles. The molecular formula is C10H13BrO3. The monoisotopic (exact) mass is 260 g/mol. The molecule has 78 valence electrons. The van der Waals surface area contributed by atoms with Gasteiger partial charge in [-0.05, 0) is 28.8 Å². The Labute approximate surface area is 91.1 Å². The summed E-state index contributed by atoms with van der Waals surface area (Å²) in [7, 11) is 0. The van der Waals surface area contributed by atoms with Crippen molar-refractivity contribution < 1.29 is 15.3 Å². The lowest BCUT2D eigenvalue weighted by Gasteiger charge is -2.16. The van der Waals surface area contributed by atoms with Crippen LogP contribution >= 0.6 is 15.9 Å². The van der Waals surface area contributed by atoms with E-state index in [0.29, 0.717) is 11.1 Å². The van der Waals surface area contributed by atoms with Crippen LogP contribution in [-0.2, 0) is 0 Å². The van der Waals surface area contributed by atoms with Crippen molar-refractivity contribution in [2.45, 2.75) is 26.7 Å². The van der Waals surface area contributed by atoms with Gasteiger partial charge in [-0.3, -0.25) is 0 Å². The highest BCUT2D eigenvalue weighted by Gasteiger charge is 2.20. The predicted octanol–water partition coefficient (Wildman–Crippen LogP) is 3.00. The van der Waals surface area contributed by atoms with Gasteiger partial charge in [-0.25, -0.2) is 0 Å². The maximum absolute atomic E-state index is 9.74. The molecule has 0 bridgehead atoms. The molecule has 0 atom stereocenters. The van der Waals surface area contributed by atoms with Gasteiger partial charge in [0.1, 0.15) is 10.2 Å². The molecule has 4 heteroatoms. The fourth-order valence-corrected chi connectivity index (χ4v) is 1.92. The van der Waals surface area contributed by atoms with Crippen molar-refractivity contribution in [2.24, 2.45) is 0 Å². The first-order valence-electron chi connectivity index (χ1n) is 4.30. The fraction of sp³-hybridized carbons (Fsp3) is 0.400. The van der Waals surface area contributed by atoms with Crippen molar-refractivity contribution in [2.75, 3.05) is 0 Å². The molecule has 14 heavy (non-hydrogen) atoms. The van der Waals surface area contributed by atoms with Crippen LogP contribution in [-0.4, -0.2) is 15.3 Å². The third kappa shape index (κ3) is 1.54. The summed E-state index contributed by atoms with van der Waals surface area (Å²) in [6.07, 6.45) is 0. The van der Waals surface area contributed by atoms with E-state index in [-0.39, 0.29) is 27.6 Å². The number of phenolic OH excluding ortho intramolecular Hbond substituents is 3. The molecule has 0 aliphatic carbocycles. The van der Waals surface area contributed by atoms with Crippen molar-refractivity contribution in [1.29, 1.82) is 0 Å². The highest BCUT2D eigenvalue weighted by atomic mass is 79.9. The van der Waals surface area contributed by atoms with E-state index in [4.69, 9.17) is 0 Å². The highest BCUT2D eigenvalue weighted by molar-refractivity contribution is 9.10. The first-order valence-corrected chi connectivity index (χ1v) is 5.10. The molecule has 0 unspecified atom stereocenters. The summed E-state index contributed by atoms with van der Waals surface area (Å²) in [5, 5.41) is 28.7. The SMILES string of the molecule is Cc1c(O)c(O)c(Br)c(O)c1C(C)C. The molecule has 0 radical (unpaired) electrons. The van der Waals surface area contributed by atoms with Crippen LogP contribution < -0.4 is 0 Å². The van der Waals surface area contributed by atoms with Crippen LogP contribution in [0.15, 0.2) is 4.47 Å². The van der Waals surface area contributed by atoms with Gasteiger partial charge in [0.2, 0.25) is 0 Å². The van der Waals surface area contributed by atoms with E-state index in [1.54, 1.807) is 6.92 Å². The van der Waals surface area contributed by atoms with Gasteiger partial charge >= 0.3 is 0 Å². The van der Waals surface area contributed by atoms with Crippen LogP contribution in [0.3, 0.4) is 0 Å². The van der Waals surface area contributed by atoms with E-state index < -0.39 is 0 Å². The Kier molecular flexibility index (Phi) is 2.95. The summed E-state index contributed by atoms with van der Waals surface area (Å²) in [6.45, 7) is 5.48. The molecule has 0 spiro atoms. The third-order valence-electron chi connectivity index (χ3n) is 2.23. The minimum absolute atomic E-state index is 0.00667. The second-order valence-corrected chi connectivity index (χ2v) is 4.35. The summed E-state index contributed by atoms with van der Waals surface area (Å²) in [4.78, 5) is 0. The Bertz CT molecular complexity index is 343. The van der Waals surface area contributed by atoms with Gasteiger partial charge < -0.3 is 15.3 Å². The number of benzene rings is 1. The van der Waals surface area contributed by atoms with Crippen LogP contribution in [0.5, 0.6) is 17.2 Å². The summed E-state index contributed by atoms with van der Waals surface area (Å²) >= 11 is 3.02. The van der Waals surface area contributed by atoms with Gasteiger partial charge in [-0.15, -0.1) is 0 Å². The van der Waals surface area contributed by atoms with Gasteiger partial charge in [0.15, 0.2) is 11.5 Å². The summed E-state index contributed by atoms with van der Waals surface area (Å²) in [6, 6.07) is 0. The molecule has 0 aromatic heterocycles. The van der Waals surface area contributed by atoms with Crippen molar-refractivity contribution >= 4 is 15.9 Å². The predicted molar refractivity (Wildman–Crippen MR) is 58.0 cm³/mol. The van der Waals surface area contributed by atoms with Crippen LogP contribution in [0, 0.1) is 6.92 Å². The fourth-order valence-electron chi connectivity index (χ4n) is 1.52. The van der Waals surface area contributed by atoms with Gasteiger partial charge in [0.25, 0.3) is 0 Å². The van der Waals surface area contributed by atoms with Crippen molar-refractivity contribution in [1.82, 2.24) is 0 Å². The summed E-state index contributed by atoms with van der Waals surface area (Å²) in [5.41, 5.74) is 1.16. The van der Waals surface area contributed by atoms with Crippen molar-refractivity contribution in [3.05, 3.63) is 15.6 Å². The molecule has 0 saturated heterocycles. The molecule has 1 aromatic rings. The number of hydrogen-bond acceptors (Lipinski definition) is 3. The standard InChI is InChI=1S/C10H13BrO3/c1-4(2)6-5(3)8(12)10(14)7(11)9(6)13/h4,12-14H,1-3H3. The van der Waals surface area contributed by atoms with Crippen LogP contribution in [0.4, 0.5) is 0 Å². The van der Waals surface area contributed by atoms with E-state index >= 15 is 0 Å². The molecule has 0 amide bonds. The molecule has 3 N–H and O–H groups in total. The highest BCUT2D eigenvalue weighted by Crippen LogP contribution is 2.47. The van der Waals surface area contributed by atoms with E-state index in [1.807, 2.05) is 13.8 Å². The zero-order valence-corrected chi connectivity index (χ0v) is 9.88. The molecule has 1 rings (SSSR count). The number of phenols is 3. The van der Waals surface area contributed by atoms with E-state index in [0.717, 1.165) is 0 Å². The number of halogens is 1. The average molecular weight is 261 g/mol. The molecule has 0 heterocycles. The minimum Gasteiger partial charge on any atom is -0.506 e. The lowest BCUT2D eigenvalue weighted by Crippen LogP contribution is -1.94. The zero-order chi connectivity index (χ0) is 11.0. The quantitative estimate of drug-likeness (QED) is 0.538. The Morgan fingerprint density at radius 2 is 1.50 bits per heavy atom. The van der Waals surface area contributed by atoms with Gasteiger partial charge in [-0.2, -0.15) is 0 Å². The summed E-state index contributed by atoms with van der Waals surface area (Å²) < 4.78 is 0.143. The second-order valence-electron chi connectivity index (χ2n) is 3.55. The lowest BCUT2D eigenvalue weighted by atomic mass is 9.96. The molecule has 0 aliphatic heterocycles. The average Bonchev–Trinajstić information content (AvgIpc) is 2.11. The molecule has 3 nitrogen and oxygen atoms in total. The van der Waals surface area contributed by atoms with Crippen molar-refractivity contribution in [3.63, 3.8) is 0 Å². The first-order chi connectivity index (χ1) is 6.37. The lowest BCUT2D eigenvalue weighted by molar-refractivity contribution is 0.386. The van der Waals surface area contributed by atoms with E-state index in [1.165, 1.54) is 0 Å². The third-order valence-corrected chi connectivity index (χ3v) is 2.98. The summed E-state index contributed by atoms with van der Waals surface area (Å²) in [5.74, 6) is -0.423. The van der Waals surface area contributed by atoms with E-state index in [9.17, 15) is 15.3 Å². The normalized spacial score (nSPS) is 10.9. The minimum atomic E-state index is -0.315. The topological polar surface area (TPSA) is 60.7 Å². The van der Waals surface area contributed by atoms with E-state index in [2.05, 4.69) is 15.9 Å². The number of hydrogen-bond donors (Lipinski definition) is 3. The Morgan fingerprint density at radius 1 is 1.00 bits per heavy atom. The molecule has 0 aliphatic rings. The van der Waals surface area contributed by atoms with Crippen LogP contribution in [0.1, 0.15) is 30.9 Å². The maximum atomic E-state index is 9.74. The van der Waals surface area contributed by atoms with Gasteiger partial charge in [0, 0.05) is 11.1 Å². The maximum Gasteiger partial charge on any atom is 0.176 e. The molecular weight excluding hydrogens is 248 g/mol. The van der Waals surface area contributed by atoms with Crippen LogP contribution in [0.2, 0.25) is 0 Å². The van der Waals surface area contributed by atoms with Crippen LogP contribution in [0.25, 0.3) is 0 Å². The smallest absolute Gasteiger partial charge is 0.176 e. The second kappa shape index (κ2) is 3.69.